The third-order valence-electron chi connectivity index (χ3n) is 6.01. The highest BCUT2D eigenvalue weighted by atomic mass is 35.5. The molecule has 0 saturated carbocycles. The van der Waals surface area contributed by atoms with E-state index in [1.54, 1.807) is 55.1 Å². The molecule has 38 heavy (non-hydrogen) atoms. The monoisotopic (exact) mass is 575 g/mol. The molecule has 10 heteroatoms. The molecule has 0 fully saturated rings. The van der Waals surface area contributed by atoms with Crippen molar-refractivity contribution in [3.8, 4) is 0 Å². The molecular weight excluding hydrogens is 545 g/mol. The maximum atomic E-state index is 13.4. The average molecular weight is 577 g/mol. The SMILES string of the molecule is CCNS(=O)(=O)c1ccc(CCC(=O)N(Cc2ccc(Cl)cc2)[C@H](C)C(=O)NCc2ccc(Cl)cc2)cc1. The van der Waals surface area contributed by atoms with Gasteiger partial charge >= 0.3 is 0 Å². The molecule has 3 rings (SSSR count). The maximum Gasteiger partial charge on any atom is 0.242 e. The number of sulfonamides is 1. The second-order valence-electron chi connectivity index (χ2n) is 8.81. The molecule has 0 spiro atoms. The first kappa shape index (κ1) is 29.6. The molecule has 3 aromatic carbocycles. The first-order valence-electron chi connectivity index (χ1n) is 12.2. The quantitative estimate of drug-likeness (QED) is 0.319. The predicted molar refractivity (Wildman–Crippen MR) is 150 cm³/mol. The standard InChI is InChI=1S/C28H31Cl2N3O4S/c1-3-32-38(36,37)26-15-8-21(9-16-26)10-17-27(34)33(19-23-6-13-25(30)14-7-23)20(2)28(35)31-18-22-4-11-24(29)12-5-22/h4-9,11-16,20,32H,3,10,17-19H2,1-2H3,(H,31,35)/t20-/m1/s1. The molecule has 0 unspecified atom stereocenters. The van der Waals surface area contributed by atoms with Gasteiger partial charge in [0, 0.05) is 36.1 Å². The van der Waals surface area contributed by atoms with Gasteiger partial charge in [-0.1, -0.05) is 66.5 Å². The average Bonchev–Trinajstić information content (AvgIpc) is 2.90. The molecule has 0 aliphatic rings. The summed E-state index contributed by atoms with van der Waals surface area (Å²) in [5, 5.41) is 4.09. The van der Waals surface area contributed by atoms with E-state index in [1.165, 1.54) is 12.1 Å². The Kier molecular flexibility index (Phi) is 10.7. The molecule has 0 radical (unpaired) electrons. The van der Waals surface area contributed by atoms with Crippen molar-refractivity contribution in [2.45, 2.75) is 50.7 Å². The number of hydrogen-bond donors (Lipinski definition) is 2. The highest BCUT2D eigenvalue weighted by molar-refractivity contribution is 7.89. The van der Waals surface area contributed by atoms with Crippen molar-refractivity contribution in [1.82, 2.24) is 14.9 Å². The molecule has 0 aliphatic heterocycles. The summed E-state index contributed by atoms with van der Waals surface area (Å²) in [6.45, 7) is 4.27. The second-order valence-corrected chi connectivity index (χ2v) is 11.5. The number of halogens is 2. The van der Waals surface area contributed by atoms with Gasteiger partial charge in [-0.25, -0.2) is 13.1 Å². The van der Waals surface area contributed by atoms with Crippen LogP contribution in [-0.2, 0) is 39.1 Å². The number of rotatable bonds is 12. The Bertz CT molecular complexity index is 1330. The first-order chi connectivity index (χ1) is 18.1. The van der Waals surface area contributed by atoms with Crippen molar-refractivity contribution in [2.75, 3.05) is 6.54 Å². The first-order valence-corrected chi connectivity index (χ1v) is 14.5. The van der Waals surface area contributed by atoms with Crippen molar-refractivity contribution in [1.29, 1.82) is 0 Å². The van der Waals surface area contributed by atoms with Gasteiger partial charge in [-0.05, 0) is 66.4 Å². The molecule has 0 aromatic heterocycles. The third-order valence-corrected chi connectivity index (χ3v) is 8.07. The van der Waals surface area contributed by atoms with Crippen LogP contribution in [0.2, 0.25) is 10.0 Å². The van der Waals surface area contributed by atoms with Gasteiger partial charge in [0.1, 0.15) is 6.04 Å². The van der Waals surface area contributed by atoms with Gasteiger partial charge in [0.25, 0.3) is 0 Å². The van der Waals surface area contributed by atoms with Crippen molar-refractivity contribution in [3.63, 3.8) is 0 Å². The summed E-state index contributed by atoms with van der Waals surface area (Å²) in [6, 6.07) is 20.0. The van der Waals surface area contributed by atoms with E-state index in [9.17, 15) is 18.0 Å². The van der Waals surface area contributed by atoms with Crippen molar-refractivity contribution in [3.05, 3.63) is 99.5 Å². The number of amides is 2. The van der Waals surface area contributed by atoms with E-state index >= 15 is 0 Å². The number of carbonyl (C=O) groups is 2. The molecule has 3 aromatic rings. The Morgan fingerprint density at radius 2 is 1.37 bits per heavy atom. The van der Waals surface area contributed by atoms with Crippen LogP contribution in [0.5, 0.6) is 0 Å². The zero-order chi connectivity index (χ0) is 27.7. The molecular formula is C28H31Cl2N3O4S. The summed E-state index contributed by atoms with van der Waals surface area (Å²) in [5.41, 5.74) is 2.56. The van der Waals surface area contributed by atoms with Gasteiger partial charge in [-0.2, -0.15) is 0 Å². The largest absolute Gasteiger partial charge is 0.350 e. The summed E-state index contributed by atoms with van der Waals surface area (Å²) in [5.74, 6) is -0.473. The number of carbonyl (C=O) groups excluding carboxylic acids is 2. The Labute approximate surface area is 234 Å². The van der Waals surface area contributed by atoms with Crippen LogP contribution in [0.1, 0.15) is 37.0 Å². The lowest BCUT2D eigenvalue weighted by molar-refractivity contribution is -0.140. The molecule has 2 amide bonds. The summed E-state index contributed by atoms with van der Waals surface area (Å²) in [6.07, 6.45) is 0.554. The van der Waals surface area contributed by atoms with Gasteiger partial charge < -0.3 is 10.2 Å². The van der Waals surface area contributed by atoms with E-state index in [0.29, 0.717) is 29.6 Å². The van der Waals surface area contributed by atoms with Crippen LogP contribution < -0.4 is 10.0 Å². The number of benzene rings is 3. The summed E-state index contributed by atoms with van der Waals surface area (Å²) in [7, 11) is -3.54. The summed E-state index contributed by atoms with van der Waals surface area (Å²) >= 11 is 11.9. The van der Waals surface area contributed by atoms with Crippen LogP contribution in [-0.4, -0.2) is 37.7 Å². The molecule has 0 bridgehead atoms. The highest BCUT2D eigenvalue weighted by Crippen LogP contribution is 2.17. The minimum atomic E-state index is -3.54. The smallest absolute Gasteiger partial charge is 0.242 e. The lowest BCUT2D eigenvalue weighted by Crippen LogP contribution is -2.47. The summed E-state index contributed by atoms with van der Waals surface area (Å²) in [4.78, 5) is 28.1. The fourth-order valence-corrected chi connectivity index (χ4v) is 5.10. The van der Waals surface area contributed by atoms with E-state index in [4.69, 9.17) is 23.2 Å². The Hall–Kier alpha value is -2.91. The molecule has 1 atom stereocenters. The van der Waals surface area contributed by atoms with Crippen LogP contribution in [0.15, 0.2) is 77.7 Å². The topological polar surface area (TPSA) is 95.6 Å². The Morgan fingerprint density at radius 3 is 1.92 bits per heavy atom. The van der Waals surface area contributed by atoms with E-state index in [2.05, 4.69) is 10.0 Å². The Balaban J connectivity index is 1.69. The van der Waals surface area contributed by atoms with Gasteiger partial charge in [-0.3, -0.25) is 9.59 Å². The highest BCUT2D eigenvalue weighted by Gasteiger charge is 2.26. The number of nitrogens with zero attached hydrogens (tertiary/aromatic N) is 1. The lowest BCUT2D eigenvalue weighted by Gasteiger charge is -2.29. The van der Waals surface area contributed by atoms with E-state index in [-0.39, 0.29) is 29.7 Å². The van der Waals surface area contributed by atoms with Crippen molar-refractivity contribution in [2.24, 2.45) is 0 Å². The number of hydrogen-bond acceptors (Lipinski definition) is 4. The molecule has 0 saturated heterocycles. The van der Waals surface area contributed by atoms with Crippen LogP contribution in [0, 0.1) is 0 Å². The van der Waals surface area contributed by atoms with Gasteiger partial charge in [0.05, 0.1) is 4.90 Å². The van der Waals surface area contributed by atoms with Crippen LogP contribution >= 0.6 is 23.2 Å². The second kappa shape index (κ2) is 13.8. The minimum Gasteiger partial charge on any atom is -0.350 e. The van der Waals surface area contributed by atoms with Crippen LogP contribution in [0.25, 0.3) is 0 Å². The lowest BCUT2D eigenvalue weighted by atomic mass is 10.1. The van der Waals surface area contributed by atoms with Crippen molar-refractivity contribution < 1.29 is 18.0 Å². The Morgan fingerprint density at radius 1 is 0.842 bits per heavy atom. The van der Waals surface area contributed by atoms with Gasteiger partial charge in [-0.15, -0.1) is 0 Å². The predicted octanol–water partition coefficient (Wildman–Crippen LogP) is 4.96. The third kappa shape index (κ3) is 8.56. The maximum absolute atomic E-state index is 13.4. The van der Waals surface area contributed by atoms with Crippen LogP contribution in [0.4, 0.5) is 0 Å². The van der Waals surface area contributed by atoms with E-state index < -0.39 is 16.1 Å². The summed E-state index contributed by atoms with van der Waals surface area (Å²) < 4.78 is 26.8. The molecule has 202 valence electrons. The number of aryl methyl sites for hydroxylation is 1. The van der Waals surface area contributed by atoms with Crippen LogP contribution in [0.3, 0.4) is 0 Å². The number of nitrogens with one attached hydrogen (secondary N) is 2. The van der Waals surface area contributed by atoms with Gasteiger partial charge in [0.15, 0.2) is 0 Å². The fraction of sp³-hybridized carbons (Fsp3) is 0.286. The molecule has 0 aliphatic carbocycles. The zero-order valence-electron chi connectivity index (χ0n) is 21.3. The zero-order valence-corrected chi connectivity index (χ0v) is 23.6. The molecule has 7 nitrogen and oxygen atoms in total. The van der Waals surface area contributed by atoms with E-state index in [0.717, 1.165) is 16.7 Å². The van der Waals surface area contributed by atoms with Gasteiger partial charge in [0.2, 0.25) is 21.8 Å². The minimum absolute atomic E-state index is 0.154. The van der Waals surface area contributed by atoms with E-state index in [1.807, 2.05) is 24.3 Å². The van der Waals surface area contributed by atoms with Crippen molar-refractivity contribution >= 4 is 45.0 Å². The molecule has 2 N–H and O–H groups in total. The molecule has 0 heterocycles. The fourth-order valence-electron chi connectivity index (χ4n) is 3.81. The normalized spacial score (nSPS) is 12.1.